The minimum Gasteiger partial charge on any atom is -0.478 e. The van der Waals surface area contributed by atoms with Crippen molar-refractivity contribution in [3.8, 4) is 0 Å². The first-order valence-corrected chi connectivity index (χ1v) is 3.78. The Labute approximate surface area is 100 Å². The quantitative estimate of drug-likeness (QED) is 0.619. The van der Waals surface area contributed by atoms with Gasteiger partial charge in [-0.25, -0.2) is 14.4 Å². The number of aromatic carboxylic acids is 3. The van der Waals surface area contributed by atoms with Gasteiger partial charge < -0.3 is 15.3 Å². The van der Waals surface area contributed by atoms with Crippen molar-refractivity contribution in [3.05, 3.63) is 34.9 Å². The molecule has 6 nitrogen and oxygen atoms in total. The van der Waals surface area contributed by atoms with Crippen molar-refractivity contribution in [1.29, 1.82) is 0 Å². The van der Waals surface area contributed by atoms with Crippen molar-refractivity contribution >= 4 is 35.3 Å². The highest BCUT2D eigenvalue weighted by atomic mass is 27.0. The fourth-order valence-corrected chi connectivity index (χ4v) is 1.14. The van der Waals surface area contributed by atoms with Crippen LogP contribution >= 0.6 is 0 Å². The monoisotopic (exact) mass is 240 g/mol. The van der Waals surface area contributed by atoms with Gasteiger partial charge in [-0.05, 0) is 12.1 Å². The summed E-state index contributed by atoms with van der Waals surface area (Å²) in [5.74, 6) is -4.53. The summed E-state index contributed by atoms with van der Waals surface area (Å²) in [4.78, 5) is 32.0. The molecule has 1 aromatic rings. The number of carboxylic acid groups (broad SMARTS) is 3. The van der Waals surface area contributed by atoms with E-state index in [1.807, 2.05) is 0 Å². The zero-order valence-electron chi connectivity index (χ0n) is 7.30. The van der Waals surface area contributed by atoms with Crippen LogP contribution in [0.15, 0.2) is 18.2 Å². The van der Waals surface area contributed by atoms with Gasteiger partial charge in [0.2, 0.25) is 0 Å². The van der Waals surface area contributed by atoms with E-state index in [4.69, 9.17) is 15.3 Å². The molecule has 0 spiro atoms. The van der Waals surface area contributed by atoms with Crippen LogP contribution in [0, 0.1) is 0 Å². The van der Waals surface area contributed by atoms with Gasteiger partial charge >= 0.3 is 17.9 Å². The fourth-order valence-electron chi connectivity index (χ4n) is 1.14. The number of carboxylic acids is 3. The van der Waals surface area contributed by atoms with Crippen LogP contribution in [0.5, 0.6) is 0 Å². The first-order valence-electron chi connectivity index (χ1n) is 3.78. The van der Waals surface area contributed by atoms with Gasteiger partial charge in [0.05, 0.1) is 16.7 Å². The lowest BCUT2D eigenvalue weighted by atomic mass is 10.0. The number of rotatable bonds is 3. The van der Waals surface area contributed by atoms with E-state index < -0.39 is 34.6 Å². The Morgan fingerprint density at radius 2 is 1.19 bits per heavy atom. The Balaban J connectivity index is 0.00000225. The molecule has 16 heavy (non-hydrogen) atoms. The van der Waals surface area contributed by atoms with E-state index in [1.165, 1.54) is 6.07 Å². The Morgan fingerprint density at radius 1 is 0.812 bits per heavy atom. The lowest BCUT2D eigenvalue weighted by Gasteiger charge is -2.04. The molecule has 0 aliphatic rings. The zero-order valence-corrected chi connectivity index (χ0v) is 7.30. The second kappa shape index (κ2) is 5.30. The molecule has 0 aromatic heterocycles. The molecular weight excluding hydrogens is 231 g/mol. The van der Waals surface area contributed by atoms with Gasteiger partial charge in [0.25, 0.3) is 0 Å². The third kappa shape index (κ3) is 2.60. The first-order chi connectivity index (χ1) is 6.95. The smallest absolute Gasteiger partial charge is 0.337 e. The van der Waals surface area contributed by atoms with E-state index in [0.29, 0.717) is 0 Å². The zero-order chi connectivity index (χ0) is 11.6. The van der Waals surface area contributed by atoms with Crippen LogP contribution in [0.2, 0.25) is 0 Å². The average molecular weight is 240 g/mol. The lowest BCUT2D eigenvalue weighted by molar-refractivity contribution is 0.0633. The minimum absolute atomic E-state index is 0. The predicted octanol–water partition coefficient (Wildman–Crippen LogP) is -0.403. The third-order valence-corrected chi connectivity index (χ3v) is 1.74. The van der Waals surface area contributed by atoms with Gasteiger partial charge in [-0.15, -0.1) is 0 Å². The molecule has 7 heteroatoms. The highest BCUT2D eigenvalue weighted by Gasteiger charge is 2.22. The topological polar surface area (TPSA) is 112 Å². The standard InChI is InChI=1S/C9H6O6.Al.3H/c10-7(11)4-2-1-3-5(8(12)13)6(4)9(14)15;;;;/h1-3H,(H,10,11)(H,12,13)(H,14,15);;;;. The summed E-state index contributed by atoms with van der Waals surface area (Å²) in [7, 11) is 0. The van der Waals surface area contributed by atoms with E-state index in [2.05, 4.69) is 0 Å². The number of hydrogen-bond acceptors (Lipinski definition) is 3. The normalized spacial score (nSPS) is 9.00. The maximum Gasteiger partial charge on any atom is 0.337 e. The maximum absolute atomic E-state index is 10.7. The second-order valence-electron chi connectivity index (χ2n) is 2.64. The SMILES string of the molecule is O=C(O)c1cccc(C(=O)O)c1C(=O)O.[AlH3]. The Kier molecular flexibility index (Phi) is 4.69. The van der Waals surface area contributed by atoms with Crippen molar-refractivity contribution in [1.82, 2.24) is 0 Å². The van der Waals surface area contributed by atoms with Gasteiger partial charge in [0.15, 0.2) is 17.4 Å². The number of hydrogen-bond donors (Lipinski definition) is 3. The summed E-state index contributed by atoms with van der Waals surface area (Å²) in [6.45, 7) is 0. The second-order valence-corrected chi connectivity index (χ2v) is 2.64. The Hall–Kier alpha value is -1.84. The summed E-state index contributed by atoms with van der Waals surface area (Å²) in [6, 6.07) is 3.26. The van der Waals surface area contributed by atoms with E-state index >= 15 is 0 Å². The Morgan fingerprint density at radius 3 is 1.44 bits per heavy atom. The van der Waals surface area contributed by atoms with Crippen LogP contribution in [0.25, 0.3) is 0 Å². The molecule has 0 bridgehead atoms. The van der Waals surface area contributed by atoms with Crippen molar-refractivity contribution in [2.24, 2.45) is 0 Å². The molecule has 0 aliphatic carbocycles. The molecule has 0 saturated heterocycles. The average Bonchev–Trinajstić information content (AvgIpc) is 2.16. The predicted molar refractivity (Wildman–Crippen MR) is 57.3 cm³/mol. The van der Waals surface area contributed by atoms with Crippen LogP contribution < -0.4 is 0 Å². The highest BCUT2D eigenvalue weighted by Crippen LogP contribution is 2.15. The Bertz CT molecular complexity index is 421. The highest BCUT2D eigenvalue weighted by molar-refractivity contribution is 6.08. The van der Waals surface area contributed by atoms with E-state index in [0.717, 1.165) is 12.1 Å². The molecule has 1 rings (SSSR count). The van der Waals surface area contributed by atoms with Gasteiger partial charge in [0.1, 0.15) is 0 Å². The molecule has 0 fully saturated rings. The van der Waals surface area contributed by atoms with Crippen LogP contribution in [0.4, 0.5) is 0 Å². The molecule has 1 aromatic carbocycles. The van der Waals surface area contributed by atoms with E-state index in [1.54, 1.807) is 0 Å². The molecule has 0 amide bonds. The van der Waals surface area contributed by atoms with E-state index in [9.17, 15) is 14.4 Å². The molecule has 0 saturated carbocycles. The minimum atomic E-state index is -1.58. The molecular formula is C9H9AlO6. The van der Waals surface area contributed by atoms with Crippen molar-refractivity contribution in [2.75, 3.05) is 0 Å². The van der Waals surface area contributed by atoms with Crippen LogP contribution in [0.1, 0.15) is 31.1 Å². The largest absolute Gasteiger partial charge is 0.478 e. The molecule has 0 heterocycles. The van der Waals surface area contributed by atoms with Gasteiger partial charge in [0, 0.05) is 0 Å². The summed E-state index contributed by atoms with van der Waals surface area (Å²) >= 11 is 0. The van der Waals surface area contributed by atoms with Crippen molar-refractivity contribution < 1.29 is 29.7 Å². The van der Waals surface area contributed by atoms with Crippen LogP contribution in [-0.2, 0) is 0 Å². The molecule has 3 N–H and O–H groups in total. The molecule has 0 atom stereocenters. The molecule has 0 unspecified atom stereocenters. The summed E-state index contributed by atoms with van der Waals surface area (Å²) in [6.07, 6.45) is 0. The van der Waals surface area contributed by atoms with Gasteiger partial charge in [-0.3, -0.25) is 0 Å². The van der Waals surface area contributed by atoms with Crippen LogP contribution in [-0.4, -0.2) is 50.6 Å². The van der Waals surface area contributed by atoms with Crippen molar-refractivity contribution in [2.45, 2.75) is 0 Å². The van der Waals surface area contributed by atoms with Gasteiger partial charge in [-0.2, -0.15) is 0 Å². The third-order valence-electron chi connectivity index (χ3n) is 1.74. The van der Waals surface area contributed by atoms with Gasteiger partial charge in [-0.1, -0.05) is 6.07 Å². The maximum atomic E-state index is 10.7. The first kappa shape index (κ1) is 14.2. The number of benzene rings is 1. The summed E-state index contributed by atoms with van der Waals surface area (Å²) < 4.78 is 0. The van der Waals surface area contributed by atoms with Crippen LogP contribution in [0.3, 0.4) is 0 Å². The van der Waals surface area contributed by atoms with Crippen molar-refractivity contribution in [3.63, 3.8) is 0 Å². The number of carbonyl (C=O) groups is 3. The summed E-state index contributed by atoms with van der Waals surface area (Å²) in [5, 5.41) is 26.0. The molecule has 84 valence electrons. The molecule has 0 radical (unpaired) electrons. The lowest BCUT2D eigenvalue weighted by Crippen LogP contribution is -2.14. The van der Waals surface area contributed by atoms with E-state index in [-0.39, 0.29) is 17.4 Å². The molecule has 0 aliphatic heterocycles. The fraction of sp³-hybridized carbons (Fsp3) is 0. The summed E-state index contributed by atoms with van der Waals surface area (Å²) in [5.41, 5.74) is -1.79.